The van der Waals surface area contributed by atoms with Gasteiger partial charge in [0, 0.05) is 48.0 Å². The van der Waals surface area contributed by atoms with Gasteiger partial charge in [-0.15, -0.1) is 0 Å². The predicted molar refractivity (Wildman–Crippen MR) is 178 cm³/mol. The van der Waals surface area contributed by atoms with E-state index in [0.29, 0.717) is 29.6 Å². The molecule has 2 N–H and O–H groups in total. The third kappa shape index (κ3) is 7.74. The fourth-order valence-electron chi connectivity index (χ4n) is 6.11. The van der Waals surface area contributed by atoms with E-state index in [9.17, 15) is 14.4 Å². The van der Waals surface area contributed by atoms with Crippen LogP contribution < -0.4 is 10.1 Å². The third-order valence-electron chi connectivity index (χ3n) is 8.53. The molecule has 5 rings (SSSR count). The van der Waals surface area contributed by atoms with E-state index in [1.807, 2.05) is 59.6 Å². The third-order valence-corrected chi connectivity index (χ3v) is 8.78. The van der Waals surface area contributed by atoms with Gasteiger partial charge in [0.25, 0.3) is 5.91 Å². The predicted octanol–water partition coefficient (Wildman–Crippen LogP) is 6.87. The molecule has 2 amide bonds. The van der Waals surface area contributed by atoms with Gasteiger partial charge in [0.05, 0.1) is 19.4 Å². The number of carbonyl (C=O) groups excluding carboxylic acids is 2. The average molecular weight is 640 g/mol. The molecule has 9 heteroatoms. The molecule has 0 fully saturated rings. The highest BCUT2D eigenvalue weighted by Crippen LogP contribution is 2.40. The second-order valence-corrected chi connectivity index (χ2v) is 12.0. The highest BCUT2D eigenvalue weighted by molar-refractivity contribution is 6.30. The molecule has 2 atom stereocenters. The zero-order valence-electron chi connectivity index (χ0n) is 26.0. The summed E-state index contributed by atoms with van der Waals surface area (Å²) in [7, 11) is 1.60. The van der Waals surface area contributed by atoms with Crippen LogP contribution in [-0.2, 0) is 22.6 Å². The van der Waals surface area contributed by atoms with Crippen LogP contribution in [0.15, 0.2) is 85.1 Å². The first kappa shape index (κ1) is 32.7. The molecule has 0 bridgehead atoms. The normalized spacial score (nSPS) is 13.8. The van der Waals surface area contributed by atoms with Gasteiger partial charge in [0.1, 0.15) is 0 Å². The van der Waals surface area contributed by atoms with Crippen molar-refractivity contribution < 1.29 is 24.2 Å². The van der Waals surface area contributed by atoms with Crippen LogP contribution in [0.1, 0.15) is 70.6 Å². The van der Waals surface area contributed by atoms with Crippen LogP contribution in [0.4, 0.5) is 0 Å². The van der Waals surface area contributed by atoms with E-state index in [1.54, 1.807) is 19.2 Å². The van der Waals surface area contributed by atoms with E-state index in [4.69, 9.17) is 21.4 Å². The lowest BCUT2D eigenvalue weighted by Crippen LogP contribution is -2.40. The second kappa shape index (κ2) is 15.1. The molecule has 1 aromatic heterocycles. The van der Waals surface area contributed by atoms with Crippen molar-refractivity contribution in [3.8, 4) is 17.0 Å². The molecule has 0 saturated heterocycles. The lowest BCUT2D eigenvalue weighted by atomic mass is 9.77. The largest absolute Gasteiger partial charge is 0.481 e. The number of carboxylic acids is 1. The SMILES string of the molecule is CCCC(c1ccc(C(=O)NCCC(=O)O)cc1)C(C(=O)N1CCc2cc(-c3ccc(OC)nc3)ccc2C1)c1ccc(Cl)cc1. The molecule has 2 heterocycles. The van der Waals surface area contributed by atoms with Crippen molar-refractivity contribution in [3.05, 3.63) is 118 Å². The summed E-state index contributed by atoms with van der Waals surface area (Å²) < 4.78 is 5.19. The summed E-state index contributed by atoms with van der Waals surface area (Å²) in [4.78, 5) is 44.2. The first-order valence-corrected chi connectivity index (χ1v) is 15.9. The number of fused-ring (bicyclic) bond motifs is 1. The minimum absolute atomic E-state index is 0.0560. The van der Waals surface area contributed by atoms with Gasteiger partial charge in [-0.1, -0.05) is 67.4 Å². The van der Waals surface area contributed by atoms with Gasteiger partial charge in [-0.2, -0.15) is 0 Å². The summed E-state index contributed by atoms with van der Waals surface area (Å²) >= 11 is 6.26. The highest BCUT2D eigenvalue weighted by atomic mass is 35.5. The first-order valence-electron chi connectivity index (χ1n) is 15.5. The van der Waals surface area contributed by atoms with Crippen molar-refractivity contribution in [1.29, 1.82) is 0 Å². The summed E-state index contributed by atoms with van der Waals surface area (Å²) in [6.45, 7) is 3.29. The summed E-state index contributed by atoms with van der Waals surface area (Å²) in [6, 6.07) is 25.0. The van der Waals surface area contributed by atoms with Crippen LogP contribution in [0.2, 0.25) is 5.02 Å². The van der Waals surface area contributed by atoms with E-state index in [2.05, 4.69) is 35.4 Å². The Balaban J connectivity index is 1.40. The number of rotatable bonds is 12. The average Bonchev–Trinajstić information content (AvgIpc) is 3.08. The number of hydrogen-bond donors (Lipinski definition) is 2. The molecular weight excluding hydrogens is 602 g/mol. The van der Waals surface area contributed by atoms with Crippen molar-refractivity contribution in [1.82, 2.24) is 15.2 Å². The second-order valence-electron chi connectivity index (χ2n) is 11.5. The number of amides is 2. The Labute approximate surface area is 274 Å². The number of methoxy groups -OCH3 is 1. The van der Waals surface area contributed by atoms with Crippen LogP contribution in [0.5, 0.6) is 5.88 Å². The number of halogens is 1. The van der Waals surface area contributed by atoms with Gasteiger partial charge in [0.15, 0.2) is 0 Å². The number of nitrogens with one attached hydrogen (secondary N) is 1. The molecule has 46 heavy (non-hydrogen) atoms. The molecular formula is C37H38ClN3O5. The van der Waals surface area contributed by atoms with Gasteiger partial charge in [-0.3, -0.25) is 14.4 Å². The zero-order chi connectivity index (χ0) is 32.6. The summed E-state index contributed by atoms with van der Waals surface area (Å²) in [5.41, 5.74) is 6.75. The number of aliphatic carboxylic acids is 1. The van der Waals surface area contributed by atoms with Crippen LogP contribution in [0, 0.1) is 0 Å². The fourth-order valence-corrected chi connectivity index (χ4v) is 6.24. The standard InChI is InChI=1S/C37H38ClN3O5/c1-3-4-32(24-5-7-26(8-6-24)36(44)39-19-17-34(42)43)35(25-11-14-31(38)15-12-25)37(45)41-20-18-28-21-27(9-10-30(28)23-41)29-13-16-33(46-2)40-22-29/h5-16,21-22,32,35H,3-4,17-20,23H2,1-2H3,(H,39,44)(H,42,43). The van der Waals surface area contributed by atoms with Gasteiger partial charge in [-0.05, 0) is 76.9 Å². The first-order chi connectivity index (χ1) is 22.3. The highest BCUT2D eigenvalue weighted by Gasteiger charge is 2.35. The smallest absolute Gasteiger partial charge is 0.305 e. The van der Waals surface area contributed by atoms with Crippen molar-refractivity contribution in [2.24, 2.45) is 0 Å². The van der Waals surface area contributed by atoms with E-state index in [-0.39, 0.29) is 30.7 Å². The molecule has 8 nitrogen and oxygen atoms in total. The monoisotopic (exact) mass is 639 g/mol. The van der Waals surface area contributed by atoms with E-state index in [0.717, 1.165) is 47.1 Å². The summed E-state index contributed by atoms with van der Waals surface area (Å²) in [6.07, 6.45) is 4.05. The Hall–Kier alpha value is -4.69. The molecule has 0 saturated carbocycles. The molecule has 0 aliphatic carbocycles. The Morgan fingerprint density at radius 3 is 2.33 bits per heavy atom. The Kier molecular flexibility index (Phi) is 10.7. The lowest BCUT2D eigenvalue weighted by molar-refractivity contribution is -0.137. The number of ether oxygens (including phenoxy) is 1. The topological polar surface area (TPSA) is 109 Å². The summed E-state index contributed by atoms with van der Waals surface area (Å²) in [5.74, 6) is -1.24. The van der Waals surface area contributed by atoms with Gasteiger partial charge >= 0.3 is 5.97 Å². The van der Waals surface area contributed by atoms with Crippen LogP contribution in [0.25, 0.3) is 11.1 Å². The number of nitrogens with zero attached hydrogens (tertiary/aromatic N) is 2. The number of carbonyl (C=O) groups is 3. The lowest BCUT2D eigenvalue weighted by Gasteiger charge is -2.35. The Morgan fingerprint density at radius 1 is 0.957 bits per heavy atom. The van der Waals surface area contributed by atoms with E-state index >= 15 is 0 Å². The van der Waals surface area contributed by atoms with Gasteiger partial charge in [-0.25, -0.2) is 4.98 Å². The summed E-state index contributed by atoms with van der Waals surface area (Å²) in [5, 5.41) is 12.1. The zero-order valence-corrected chi connectivity index (χ0v) is 26.8. The van der Waals surface area contributed by atoms with Crippen LogP contribution in [0.3, 0.4) is 0 Å². The molecule has 2 unspecified atom stereocenters. The molecule has 4 aromatic rings. The molecule has 0 radical (unpaired) electrons. The van der Waals surface area contributed by atoms with Crippen LogP contribution in [-0.4, -0.2) is 53.0 Å². The number of hydrogen-bond acceptors (Lipinski definition) is 5. The maximum absolute atomic E-state index is 14.5. The maximum atomic E-state index is 14.5. The molecule has 1 aliphatic heterocycles. The van der Waals surface area contributed by atoms with Crippen LogP contribution >= 0.6 is 11.6 Å². The Bertz CT molecular complexity index is 1670. The van der Waals surface area contributed by atoms with Crippen molar-refractivity contribution >= 4 is 29.4 Å². The quantitative estimate of drug-likeness (QED) is 0.175. The van der Waals surface area contributed by atoms with E-state index in [1.165, 1.54) is 5.56 Å². The number of aromatic nitrogens is 1. The number of carboxylic acid groups (broad SMARTS) is 1. The van der Waals surface area contributed by atoms with E-state index < -0.39 is 11.9 Å². The molecule has 3 aromatic carbocycles. The minimum Gasteiger partial charge on any atom is -0.481 e. The fraction of sp³-hybridized carbons (Fsp3) is 0.297. The molecule has 0 spiro atoms. The maximum Gasteiger partial charge on any atom is 0.305 e. The van der Waals surface area contributed by atoms with Gasteiger partial charge < -0.3 is 20.1 Å². The van der Waals surface area contributed by atoms with Gasteiger partial charge in [0.2, 0.25) is 11.8 Å². The Morgan fingerprint density at radius 2 is 1.67 bits per heavy atom. The number of benzene rings is 3. The minimum atomic E-state index is -0.969. The molecule has 1 aliphatic rings. The molecule has 238 valence electrons. The van der Waals surface area contributed by atoms with Crippen molar-refractivity contribution in [3.63, 3.8) is 0 Å². The van der Waals surface area contributed by atoms with Crippen molar-refractivity contribution in [2.75, 3.05) is 20.2 Å². The number of pyridine rings is 1. The van der Waals surface area contributed by atoms with Crippen molar-refractivity contribution in [2.45, 2.75) is 51.0 Å².